The van der Waals surface area contributed by atoms with Gasteiger partial charge in [0.2, 0.25) is 0 Å². The first-order chi connectivity index (χ1) is 9.00. The van der Waals surface area contributed by atoms with Crippen molar-refractivity contribution in [2.75, 3.05) is 13.2 Å². The molecule has 0 bridgehead atoms. The first-order valence-corrected chi connectivity index (χ1v) is 5.86. The fraction of sp³-hybridized carbons (Fsp3) is 0.462. The van der Waals surface area contributed by atoms with Gasteiger partial charge in [-0.15, -0.1) is 0 Å². The Morgan fingerprint density at radius 3 is 2.53 bits per heavy atom. The van der Waals surface area contributed by atoms with E-state index in [0.717, 1.165) is 6.07 Å². The molecule has 3 nitrogen and oxygen atoms in total. The molecular formula is C13H12F3NO2. The first-order valence-electron chi connectivity index (χ1n) is 5.86. The van der Waals surface area contributed by atoms with E-state index in [1.807, 2.05) is 0 Å². The third kappa shape index (κ3) is 3.38. The third-order valence-electron chi connectivity index (χ3n) is 2.88. The maximum atomic E-state index is 12.9. The van der Waals surface area contributed by atoms with Crippen LogP contribution in [0.5, 0.6) is 5.75 Å². The fourth-order valence-corrected chi connectivity index (χ4v) is 1.90. The predicted octanol–water partition coefficient (Wildman–Crippen LogP) is 3.13. The van der Waals surface area contributed by atoms with Gasteiger partial charge in [0, 0.05) is 12.8 Å². The topological polar surface area (TPSA) is 42.2 Å². The maximum absolute atomic E-state index is 12.9. The van der Waals surface area contributed by atoms with Crippen molar-refractivity contribution in [3.8, 4) is 11.8 Å². The molecule has 0 aromatic heterocycles. The molecule has 2 rings (SSSR count). The van der Waals surface area contributed by atoms with Crippen molar-refractivity contribution in [1.82, 2.24) is 0 Å². The number of nitriles is 1. The summed E-state index contributed by atoms with van der Waals surface area (Å²) >= 11 is 0. The molecule has 1 aliphatic heterocycles. The lowest BCUT2D eigenvalue weighted by Crippen LogP contribution is -2.26. The van der Waals surface area contributed by atoms with Gasteiger partial charge in [0.1, 0.15) is 11.9 Å². The van der Waals surface area contributed by atoms with E-state index >= 15 is 0 Å². The van der Waals surface area contributed by atoms with E-state index in [1.165, 1.54) is 12.1 Å². The molecule has 0 amide bonds. The molecule has 1 saturated heterocycles. The van der Waals surface area contributed by atoms with Gasteiger partial charge >= 0.3 is 6.18 Å². The van der Waals surface area contributed by atoms with Crippen LogP contribution in [-0.2, 0) is 10.9 Å². The highest BCUT2D eigenvalue weighted by Crippen LogP contribution is 2.37. The molecule has 1 fully saturated rings. The van der Waals surface area contributed by atoms with E-state index in [0.29, 0.717) is 26.1 Å². The summed E-state index contributed by atoms with van der Waals surface area (Å²) in [6.45, 7) is 0.977. The minimum absolute atomic E-state index is 0.0355. The van der Waals surface area contributed by atoms with Crippen LogP contribution in [0.4, 0.5) is 13.2 Å². The van der Waals surface area contributed by atoms with E-state index in [9.17, 15) is 13.2 Å². The van der Waals surface area contributed by atoms with Crippen molar-refractivity contribution in [1.29, 1.82) is 5.26 Å². The van der Waals surface area contributed by atoms with E-state index < -0.39 is 11.7 Å². The van der Waals surface area contributed by atoms with Crippen molar-refractivity contribution in [2.24, 2.45) is 0 Å². The maximum Gasteiger partial charge on any atom is 0.420 e. The second-order valence-electron chi connectivity index (χ2n) is 4.25. The van der Waals surface area contributed by atoms with Crippen LogP contribution in [0.1, 0.15) is 24.0 Å². The lowest BCUT2D eigenvalue weighted by atomic mass is 10.1. The minimum atomic E-state index is -4.53. The Morgan fingerprint density at radius 2 is 1.95 bits per heavy atom. The summed E-state index contributed by atoms with van der Waals surface area (Å²) in [5, 5.41) is 8.67. The number of hydrogen-bond acceptors (Lipinski definition) is 3. The lowest BCUT2D eigenvalue weighted by molar-refractivity contribution is -0.139. The molecule has 1 heterocycles. The molecule has 0 radical (unpaired) electrons. The summed E-state index contributed by atoms with van der Waals surface area (Å²) in [4.78, 5) is 0. The second-order valence-corrected chi connectivity index (χ2v) is 4.25. The molecular weight excluding hydrogens is 259 g/mol. The lowest BCUT2D eigenvalue weighted by Gasteiger charge is -2.25. The average Bonchev–Trinajstić information content (AvgIpc) is 2.39. The first kappa shape index (κ1) is 13.7. The number of halogens is 3. The number of rotatable bonds is 2. The minimum Gasteiger partial charge on any atom is -0.490 e. The molecule has 1 aliphatic rings. The molecule has 6 heteroatoms. The number of alkyl halides is 3. The average molecular weight is 271 g/mol. The van der Waals surface area contributed by atoms with Crippen LogP contribution in [0.2, 0.25) is 0 Å². The Morgan fingerprint density at radius 1 is 1.26 bits per heavy atom. The Kier molecular flexibility index (Phi) is 3.96. The summed E-state index contributed by atoms with van der Waals surface area (Å²) in [6.07, 6.45) is -3.68. The Labute approximate surface area is 108 Å². The smallest absolute Gasteiger partial charge is 0.420 e. The van der Waals surface area contributed by atoms with Gasteiger partial charge in [-0.05, 0) is 18.2 Å². The number of ether oxygens (including phenoxy) is 2. The SMILES string of the molecule is N#Cc1ccc(OC2CCOCC2)c(C(F)(F)F)c1. The van der Waals surface area contributed by atoms with Gasteiger partial charge in [0.25, 0.3) is 0 Å². The Hall–Kier alpha value is -1.74. The van der Waals surface area contributed by atoms with Crippen LogP contribution in [-0.4, -0.2) is 19.3 Å². The van der Waals surface area contributed by atoms with Crippen LogP contribution in [0, 0.1) is 11.3 Å². The normalized spacial score (nSPS) is 16.9. The zero-order chi connectivity index (χ0) is 13.9. The van der Waals surface area contributed by atoms with Crippen LogP contribution in [0.15, 0.2) is 18.2 Å². The second kappa shape index (κ2) is 5.49. The molecule has 102 valence electrons. The molecule has 1 aromatic carbocycles. The van der Waals surface area contributed by atoms with Gasteiger partial charge in [-0.3, -0.25) is 0 Å². The summed E-state index contributed by atoms with van der Waals surface area (Å²) < 4.78 is 49.2. The van der Waals surface area contributed by atoms with Crippen molar-refractivity contribution in [3.05, 3.63) is 29.3 Å². The Bertz CT molecular complexity index is 488. The standard InChI is InChI=1S/C13H12F3NO2/c14-13(15,16)11-7-9(8-17)1-2-12(11)19-10-3-5-18-6-4-10/h1-2,7,10H,3-6H2. The van der Waals surface area contributed by atoms with E-state index in [2.05, 4.69) is 0 Å². The van der Waals surface area contributed by atoms with Crippen LogP contribution < -0.4 is 4.74 Å². The zero-order valence-corrected chi connectivity index (χ0v) is 10.0. The molecule has 0 saturated carbocycles. The highest BCUT2D eigenvalue weighted by molar-refractivity contribution is 5.43. The van der Waals surface area contributed by atoms with Crippen LogP contribution in [0.25, 0.3) is 0 Å². The van der Waals surface area contributed by atoms with Gasteiger partial charge in [0.05, 0.1) is 30.4 Å². The number of hydrogen-bond donors (Lipinski definition) is 0. The fourth-order valence-electron chi connectivity index (χ4n) is 1.90. The summed E-state index contributed by atoms with van der Waals surface area (Å²) in [6, 6.07) is 5.04. The molecule has 0 N–H and O–H groups in total. The monoisotopic (exact) mass is 271 g/mol. The summed E-state index contributed by atoms with van der Waals surface area (Å²) in [5.74, 6) is -0.224. The molecule has 0 spiro atoms. The zero-order valence-electron chi connectivity index (χ0n) is 10.0. The molecule has 1 aromatic rings. The highest BCUT2D eigenvalue weighted by Gasteiger charge is 2.35. The summed E-state index contributed by atoms with van der Waals surface area (Å²) in [5.41, 5.74) is -0.940. The van der Waals surface area contributed by atoms with Gasteiger partial charge in [-0.1, -0.05) is 0 Å². The largest absolute Gasteiger partial charge is 0.490 e. The van der Waals surface area contributed by atoms with Crippen molar-refractivity contribution in [3.63, 3.8) is 0 Å². The van der Waals surface area contributed by atoms with Crippen molar-refractivity contribution in [2.45, 2.75) is 25.1 Å². The van der Waals surface area contributed by atoms with Crippen LogP contribution >= 0.6 is 0 Å². The van der Waals surface area contributed by atoms with Gasteiger partial charge in [-0.25, -0.2) is 0 Å². The van der Waals surface area contributed by atoms with E-state index in [1.54, 1.807) is 6.07 Å². The van der Waals surface area contributed by atoms with E-state index in [-0.39, 0.29) is 17.4 Å². The van der Waals surface area contributed by atoms with E-state index in [4.69, 9.17) is 14.7 Å². The number of benzene rings is 1. The van der Waals surface area contributed by atoms with Gasteiger partial charge in [-0.2, -0.15) is 18.4 Å². The quantitative estimate of drug-likeness (QED) is 0.829. The number of nitrogens with zero attached hydrogens (tertiary/aromatic N) is 1. The van der Waals surface area contributed by atoms with Crippen molar-refractivity contribution >= 4 is 0 Å². The molecule has 0 aliphatic carbocycles. The highest BCUT2D eigenvalue weighted by atomic mass is 19.4. The van der Waals surface area contributed by atoms with Crippen LogP contribution in [0.3, 0.4) is 0 Å². The van der Waals surface area contributed by atoms with Gasteiger partial charge in [0.15, 0.2) is 0 Å². The third-order valence-corrected chi connectivity index (χ3v) is 2.88. The molecule has 0 unspecified atom stereocenters. The van der Waals surface area contributed by atoms with Gasteiger partial charge < -0.3 is 9.47 Å². The predicted molar refractivity (Wildman–Crippen MR) is 60.6 cm³/mol. The summed E-state index contributed by atoms with van der Waals surface area (Å²) in [7, 11) is 0. The molecule has 0 atom stereocenters. The van der Waals surface area contributed by atoms with Crippen molar-refractivity contribution < 1.29 is 22.6 Å². The Balaban J connectivity index is 2.26. The molecule has 19 heavy (non-hydrogen) atoms.